The van der Waals surface area contributed by atoms with Gasteiger partial charge in [0, 0.05) is 35.5 Å². The highest BCUT2D eigenvalue weighted by Gasteiger charge is 2.35. The Balaban J connectivity index is 1.65. The number of carbonyl (C=O) groups is 2. The standard InChI is InChI=1S/C21H23N3O5S/c1-15-7-8-17(18(13-15)24(27)28)23-20(26)19(25)22-14-21(9-11-29-12-10-21)30-16-5-3-2-4-6-16/h2-8,13H,9-12,14H2,1H3,(H,22,25)(H,23,26). The number of rotatable bonds is 6. The fourth-order valence-electron chi connectivity index (χ4n) is 3.20. The van der Waals surface area contributed by atoms with Crippen molar-refractivity contribution in [3.63, 3.8) is 0 Å². The average molecular weight is 429 g/mol. The normalized spacial score (nSPS) is 15.2. The number of nitrogens with one attached hydrogen (secondary N) is 2. The Kier molecular flexibility index (Phi) is 7.07. The predicted octanol–water partition coefficient (Wildman–Crippen LogP) is 3.30. The maximum absolute atomic E-state index is 12.4. The Morgan fingerprint density at radius 1 is 1.13 bits per heavy atom. The van der Waals surface area contributed by atoms with Gasteiger partial charge in [-0.25, -0.2) is 0 Å². The molecule has 1 aliphatic heterocycles. The summed E-state index contributed by atoms with van der Waals surface area (Å²) >= 11 is 1.66. The first-order valence-electron chi connectivity index (χ1n) is 9.55. The van der Waals surface area contributed by atoms with Crippen molar-refractivity contribution in [2.45, 2.75) is 29.4 Å². The Hall–Kier alpha value is -2.91. The van der Waals surface area contributed by atoms with Crippen LogP contribution in [0.4, 0.5) is 11.4 Å². The summed E-state index contributed by atoms with van der Waals surface area (Å²) in [6.07, 6.45) is 1.47. The van der Waals surface area contributed by atoms with Gasteiger partial charge >= 0.3 is 11.8 Å². The molecule has 0 bridgehead atoms. The quantitative estimate of drug-likeness (QED) is 0.414. The van der Waals surface area contributed by atoms with Crippen LogP contribution in [0.25, 0.3) is 0 Å². The molecule has 0 atom stereocenters. The van der Waals surface area contributed by atoms with Crippen LogP contribution in [0.5, 0.6) is 0 Å². The van der Waals surface area contributed by atoms with E-state index in [1.165, 1.54) is 12.1 Å². The summed E-state index contributed by atoms with van der Waals surface area (Å²) in [6, 6.07) is 14.3. The molecule has 0 unspecified atom stereocenters. The van der Waals surface area contributed by atoms with Crippen LogP contribution < -0.4 is 10.6 Å². The summed E-state index contributed by atoms with van der Waals surface area (Å²) in [6.45, 7) is 3.16. The van der Waals surface area contributed by atoms with E-state index in [1.54, 1.807) is 24.8 Å². The number of nitrogens with zero attached hydrogens (tertiary/aromatic N) is 1. The molecule has 0 radical (unpaired) electrons. The zero-order valence-corrected chi connectivity index (χ0v) is 17.4. The third-order valence-corrected chi connectivity index (χ3v) is 6.35. The Labute approximate surface area is 178 Å². The Morgan fingerprint density at radius 2 is 1.83 bits per heavy atom. The van der Waals surface area contributed by atoms with E-state index in [0.717, 1.165) is 17.7 Å². The van der Waals surface area contributed by atoms with Crippen molar-refractivity contribution in [1.82, 2.24) is 5.32 Å². The first-order chi connectivity index (χ1) is 14.4. The molecule has 30 heavy (non-hydrogen) atoms. The third kappa shape index (κ3) is 5.58. The van der Waals surface area contributed by atoms with E-state index in [1.807, 2.05) is 30.3 Å². The zero-order chi connectivity index (χ0) is 21.6. The van der Waals surface area contributed by atoms with Gasteiger partial charge in [0.15, 0.2) is 0 Å². The molecular weight excluding hydrogens is 406 g/mol. The van der Waals surface area contributed by atoms with Crippen LogP contribution >= 0.6 is 11.8 Å². The van der Waals surface area contributed by atoms with Gasteiger partial charge in [-0.1, -0.05) is 24.3 Å². The minimum atomic E-state index is -0.936. The molecule has 8 nitrogen and oxygen atoms in total. The molecule has 2 aromatic rings. The second-order valence-electron chi connectivity index (χ2n) is 7.13. The van der Waals surface area contributed by atoms with E-state index in [9.17, 15) is 19.7 Å². The summed E-state index contributed by atoms with van der Waals surface area (Å²) in [7, 11) is 0. The molecule has 2 amide bonds. The number of nitro benzene ring substituents is 1. The van der Waals surface area contributed by atoms with Crippen molar-refractivity contribution in [3.05, 3.63) is 64.2 Å². The molecule has 1 heterocycles. The smallest absolute Gasteiger partial charge is 0.313 e. The molecule has 158 valence electrons. The summed E-state index contributed by atoms with van der Waals surface area (Å²) in [5.74, 6) is -1.77. The van der Waals surface area contributed by atoms with Crippen molar-refractivity contribution in [1.29, 1.82) is 0 Å². The van der Waals surface area contributed by atoms with Gasteiger partial charge in [-0.3, -0.25) is 19.7 Å². The van der Waals surface area contributed by atoms with Gasteiger partial charge in [0.05, 0.1) is 4.92 Å². The monoisotopic (exact) mass is 429 g/mol. The number of hydrogen-bond donors (Lipinski definition) is 2. The number of thioether (sulfide) groups is 1. The molecule has 1 aliphatic rings. The van der Waals surface area contributed by atoms with Crippen molar-refractivity contribution >= 4 is 35.0 Å². The topological polar surface area (TPSA) is 111 Å². The van der Waals surface area contributed by atoms with Crippen LogP contribution in [-0.4, -0.2) is 41.2 Å². The minimum Gasteiger partial charge on any atom is -0.381 e. The van der Waals surface area contributed by atoms with E-state index < -0.39 is 16.7 Å². The number of anilines is 1. The summed E-state index contributed by atoms with van der Waals surface area (Å²) in [4.78, 5) is 36.4. The van der Waals surface area contributed by atoms with Gasteiger partial charge in [-0.05, 0) is 43.5 Å². The molecule has 3 rings (SSSR count). The lowest BCUT2D eigenvalue weighted by Gasteiger charge is -2.36. The maximum Gasteiger partial charge on any atom is 0.313 e. The Morgan fingerprint density at radius 3 is 2.50 bits per heavy atom. The second kappa shape index (κ2) is 9.73. The van der Waals surface area contributed by atoms with E-state index in [2.05, 4.69) is 10.6 Å². The fourth-order valence-corrected chi connectivity index (χ4v) is 4.50. The predicted molar refractivity (Wildman–Crippen MR) is 115 cm³/mol. The van der Waals surface area contributed by atoms with Gasteiger partial charge < -0.3 is 15.4 Å². The van der Waals surface area contributed by atoms with Gasteiger partial charge in [-0.2, -0.15) is 0 Å². The number of hydrogen-bond acceptors (Lipinski definition) is 6. The van der Waals surface area contributed by atoms with Gasteiger partial charge in [0.1, 0.15) is 5.69 Å². The van der Waals surface area contributed by atoms with Crippen LogP contribution in [-0.2, 0) is 14.3 Å². The lowest BCUT2D eigenvalue weighted by Crippen LogP contribution is -2.47. The van der Waals surface area contributed by atoms with Crippen LogP contribution in [0.3, 0.4) is 0 Å². The first-order valence-corrected chi connectivity index (χ1v) is 10.4. The first kappa shape index (κ1) is 21.8. The average Bonchev–Trinajstić information content (AvgIpc) is 2.74. The van der Waals surface area contributed by atoms with Crippen molar-refractivity contribution in [2.24, 2.45) is 0 Å². The number of benzene rings is 2. The number of carbonyl (C=O) groups excluding carboxylic acids is 2. The number of aryl methyl sites for hydroxylation is 1. The molecular formula is C21H23N3O5S. The maximum atomic E-state index is 12.4. The lowest BCUT2D eigenvalue weighted by molar-refractivity contribution is -0.384. The van der Waals surface area contributed by atoms with Crippen molar-refractivity contribution in [3.8, 4) is 0 Å². The molecule has 1 saturated heterocycles. The van der Waals surface area contributed by atoms with Crippen LogP contribution in [0.1, 0.15) is 18.4 Å². The van der Waals surface area contributed by atoms with Crippen LogP contribution in [0, 0.1) is 17.0 Å². The van der Waals surface area contributed by atoms with E-state index >= 15 is 0 Å². The van der Waals surface area contributed by atoms with Gasteiger partial charge in [0.2, 0.25) is 0 Å². The van der Waals surface area contributed by atoms with E-state index in [4.69, 9.17) is 4.74 Å². The molecule has 0 aromatic heterocycles. The summed E-state index contributed by atoms with van der Waals surface area (Å²) in [5.41, 5.74) is 0.422. The largest absolute Gasteiger partial charge is 0.381 e. The van der Waals surface area contributed by atoms with Crippen LogP contribution in [0.15, 0.2) is 53.4 Å². The molecule has 0 aliphatic carbocycles. The molecule has 9 heteroatoms. The molecule has 0 spiro atoms. The molecule has 1 fully saturated rings. The van der Waals surface area contributed by atoms with Gasteiger partial charge in [0.25, 0.3) is 5.69 Å². The summed E-state index contributed by atoms with van der Waals surface area (Å²) in [5, 5.41) is 16.3. The molecule has 0 saturated carbocycles. The highest BCUT2D eigenvalue weighted by Crippen LogP contribution is 2.40. The highest BCUT2D eigenvalue weighted by molar-refractivity contribution is 8.00. The van der Waals surface area contributed by atoms with Crippen LogP contribution in [0.2, 0.25) is 0 Å². The number of nitro groups is 1. The minimum absolute atomic E-state index is 0.00908. The second-order valence-corrected chi connectivity index (χ2v) is 8.67. The third-order valence-electron chi connectivity index (χ3n) is 4.86. The lowest BCUT2D eigenvalue weighted by atomic mass is 9.99. The number of ether oxygens (including phenoxy) is 1. The van der Waals surface area contributed by atoms with E-state index in [-0.39, 0.29) is 22.7 Å². The van der Waals surface area contributed by atoms with Gasteiger partial charge in [-0.15, -0.1) is 11.8 Å². The zero-order valence-electron chi connectivity index (χ0n) is 16.6. The summed E-state index contributed by atoms with van der Waals surface area (Å²) < 4.78 is 5.19. The fraction of sp³-hybridized carbons (Fsp3) is 0.333. The Bertz CT molecular complexity index is 929. The molecule has 2 aromatic carbocycles. The number of amides is 2. The molecule has 2 N–H and O–H groups in total. The van der Waals surface area contributed by atoms with Crippen molar-refractivity contribution < 1.29 is 19.2 Å². The SMILES string of the molecule is Cc1ccc(NC(=O)C(=O)NCC2(Sc3ccccc3)CCOCC2)c([N+](=O)[O-])c1. The van der Waals surface area contributed by atoms with E-state index in [0.29, 0.717) is 18.8 Å². The van der Waals surface area contributed by atoms with Crippen molar-refractivity contribution in [2.75, 3.05) is 25.1 Å². The highest BCUT2D eigenvalue weighted by atomic mass is 32.2.